The van der Waals surface area contributed by atoms with Gasteiger partial charge in [0.05, 0.1) is 19.3 Å². The van der Waals surface area contributed by atoms with Crippen molar-refractivity contribution in [3.63, 3.8) is 0 Å². The Morgan fingerprint density at radius 1 is 0.971 bits per heavy atom. The zero-order valence-corrected chi connectivity index (χ0v) is 19.4. The van der Waals surface area contributed by atoms with Crippen LogP contribution in [0.2, 0.25) is 0 Å². The minimum atomic E-state index is -0.379. The van der Waals surface area contributed by atoms with E-state index in [1.807, 2.05) is 59.2 Å². The SMILES string of the molecule is CCc1ccc(NC(=O)COCCn2cc(-c3ccccc3)c3ccc(C(=O)OC)cc32)cc1. The highest BCUT2D eigenvalue weighted by atomic mass is 16.5. The molecule has 0 unspecified atom stereocenters. The first-order chi connectivity index (χ1) is 16.6. The molecule has 4 rings (SSSR count). The Kier molecular flexibility index (Phi) is 7.40. The lowest BCUT2D eigenvalue weighted by atomic mass is 10.0. The highest BCUT2D eigenvalue weighted by Gasteiger charge is 2.14. The first-order valence-corrected chi connectivity index (χ1v) is 11.3. The lowest BCUT2D eigenvalue weighted by molar-refractivity contribution is -0.120. The van der Waals surface area contributed by atoms with Gasteiger partial charge in [-0.3, -0.25) is 4.79 Å². The van der Waals surface area contributed by atoms with E-state index < -0.39 is 0 Å². The molecule has 174 valence electrons. The van der Waals surface area contributed by atoms with Gasteiger partial charge < -0.3 is 19.4 Å². The minimum absolute atomic E-state index is 0.0340. The van der Waals surface area contributed by atoms with E-state index in [0.717, 1.165) is 34.1 Å². The quantitative estimate of drug-likeness (QED) is 0.274. The number of fused-ring (bicyclic) bond motifs is 1. The number of aromatic nitrogens is 1. The minimum Gasteiger partial charge on any atom is -0.465 e. The van der Waals surface area contributed by atoms with E-state index in [1.54, 1.807) is 6.07 Å². The summed E-state index contributed by atoms with van der Waals surface area (Å²) in [4.78, 5) is 24.3. The number of anilines is 1. The van der Waals surface area contributed by atoms with E-state index in [1.165, 1.54) is 12.7 Å². The standard InChI is InChI=1S/C28H28N2O4/c1-3-20-9-12-23(13-10-20)29-27(31)19-34-16-15-30-18-25(21-7-5-4-6-8-21)24-14-11-22(17-26(24)30)28(32)33-2/h4-14,17-18H,3,15-16,19H2,1-2H3,(H,29,31). The van der Waals surface area contributed by atoms with Gasteiger partial charge in [-0.25, -0.2) is 4.79 Å². The summed E-state index contributed by atoms with van der Waals surface area (Å²) in [7, 11) is 1.37. The lowest BCUT2D eigenvalue weighted by Gasteiger charge is -2.09. The second-order valence-corrected chi connectivity index (χ2v) is 7.98. The summed E-state index contributed by atoms with van der Waals surface area (Å²) in [5, 5.41) is 3.89. The Balaban J connectivity index is 1.45. The number of hydrogen-bond donors (Lipinski definition) is 1. The molecule has 0 aliphatic carbocycles. The van der Waals surface area contributed by atoms with E-state index >= 15 is 0 Å². The molecule has 0 saturated carbocycles. The van der Waals surface area contributed by atoms with Crippen LogP contribution >= 0.6 is 0 Å². The molecule has 0 radical (unpaired) electrons. The summed E-state index contributed by atoms with van der Waals surface area (Å²) < 4.78 is 12.6. The van der Waals surface area contributed by atoms with E-state index in [2.05, 4.69) is 30.6 Å². The maximum atomic E-state index is 12.2. The lowest BCUT2D eigenvalue weighted by Crippen LogP contribution is -2.19. The Hall–Kier alpha value is -3.90. The molecule has 1 aromatic heterocycles. The number of carbonyl (C=O) groups excluding carboxylic acids is 2. The number of nitrogens with one attached hydrogen (secondary N) is 1. The zero-order chi connectivity index (χ0) is 23.9. The molecule has 6 nitrogen and oxygen atoms in total. The van der Waals surface area contributed by atoms with Crippen LogP contribution in [-0.2, 0) is 27.2 Å². The number of amides is 1. The summed E-state index contributed by atoms with van der Waals surface area (Å²) in [6, 6.07) is 23.4. The molecule has 6 heteroatoms. The Morgan fingerprint density at radius 3 is 2.44 bits per heavy atom. The van der Waals surface area contributed by atoms with Crippen molar-refractivity contribution in [1.29, 1.82) is 0 Å². The van der Waals surface area contributed by atoms with Gasteiger partial charge in [0.25, 0.3) is 0 Å². The number of ether oxygens (including phenoxy) is 2. The van der Waals surface area contributed by atoms with Crippen molar-refractivity contribution in [3.8, 4) is 11.1 Å². The summed E-state index contributed by atoms with van der Waals surface area (Å²) in [6.45, 7) is 2.94. The Morgan fingerprint density at radius 2 is 1.74 bits per heavy atom. The van der Waals surface area contributed by atoms with Gasteiger partial charge in [-0.05, 0) is 41.8 Å². The molecule has 0 atom stereocenters. The molecule has 0 fully saturated rings. The second kappa shape index (κ2) is 10.8. The summed E-state index contributed by atoms with van der Waals surface area (Å²) in [5.41, 5.74) is 5.53. The highest BCUT2D eigenvalue weighted by molar-refractivity contribution is 6.00. The fraction of sp³-hybridized carbons (Fsp3) is 0.214. The fourth-order valence-electron chi connectivity index (χ4n) is 3.92. The Labute approximate surface area is 199 Å². The van der Waals surface area contributed by atoms with Gasteiger partial charge >= 0.3 is 5.97 Å². The largest absolute Gasteiger partial charge is 0.465 e. The molecule has 0 aliphatic rings. The average molecular weight is 457 g/mol. The smallest absolute Gasteiger partial charge is 0.337 e. The zero-order valence-electron chi connectivity index (χ0n) is 19.4. The van der Waals surface area contributed by atoms with Crippen molar-refractivity contribution in [3.05, 3.63) is 90.1 Å². The van der Waals surface area contributed by atoms with Crippen molar-refractivity contribution in [1.82, 2.24) is 4.57 Å². The van der Waals surface area contributed by atoms with Gasteiger partial charge in [0.2, 0.25) is 5.91 Å². The van der Waals surface area contributed by atoms with Crippen LogP contribution in [0.25, 0.3) is 22.0 Å². The number of carbonyl (C=O) groups is 2. The van der Waals surface area contributed by atoms with Crippen LogP contribution in [0.1, 0.15) is 22.8 Å². The third-order valence-corrected chi connectivity index (χ3v) is 5.74. The first-order valence-electron chi connectivity index (χ1n) is 11.3. The number of nitrogens with zero attached hydrogens (tertiary/aromatic N) is 1. The van der Waals surface area contributed by atoms with Crippen LogP contribution in [0.3, 0.4) is 0 Å². The van der Waals surface area contributed by atoms with Crippen molar-refractivity contribution in [2.45, 2.75) is 19.9 Å². The molecular formula is C28H28N2O4. The predicted octanol–water partition coefficient (Wildman–Crippen LogP) is 5.31. The van der Waals surface area contributed by atoms with Crippen molar-refractivity contribution >= 4 is 28.5 Å². The van der Waals surface area contributed by atoms with Gasteiger partial charge in [0.15, 0.2) is 0 Å². The molecule has 1 amide bonds. The topological polar surface area (TPSA) is 69.6 Å². The third kappa shape index (κ3) is 5.35. The molecule has 0 bridgehead atoms. The number of aryl methyl sites for hydroxylation is 1. The number of benzene rings is 3. The maximum Gasteiger partial charge on any atom is 0.337 e. The Bertz CT molecular complexity index is 1280. The number of esters is 1. The van der Waals surface area contributed by atoms with Crippen molar-refractivity contribution in [2.24, 2.45) is 0 Å². The molecule has 0 spiro atoms. The molecule has 0 aliphatic heterocycles. The molecule has 1 N–H and O–H groups in total. The van der Waals surface area contributed by atoms with E-state index in [0.29, 0.717) is 18.7 Å². The third-order valence-electron chi connectivity index (χ3n) is 5.74. The van der Waals surface area contributed by atoms with Crippen LogP contribution in [0.15, 0.2) is 79.0 Å². The van der Waals surface area contributed by atoms with Crippen molar-refractivity contribution < 1.29 is 19.1 Å². The van der Waals surface area contributed by atoms with Crippen molar-refractivity contribution in [2.75, 3.05) is 25.6 Å². The molecule has 1 heterocycles. The first kappa shape index (κ1) is 23.3. The van der Waals surface area contributed by atoms with Crippen LogP contribution < -0.4 is 5.32 Å². The van der Waals surface area contributed by atoms with Crippen LogP contribution in [0.5, 0.6) is 0 Å². The number of rotatable bonds is 9. The number of hydrogen-bond acceptors (Lipinski definition) is 4. The summed E-state index contributed by atoms with van der Waals surface area (Å²) in [5.74, 6) is -0.574. The van der Waals surface area contributed by atoms with Gasteiger partial charge in [0.1, 0.15) is 6.61 Å². The maximum absolute atomic E-state index is 12.2. The normalized spacial score (nSPS) is 10.9. The van der Waals surface area contributed by atoms with Gasteiger partial charge in [-0.2, -0.15) is 0 Å². The van der Waals surface area contributed by atoms with Crippen LogP contribution in [0, 0.1) is 0 Å². The summed E-state index contributed by atoms with van der Waals surface area (Å²) >= 11 is 0. The molecule has 34 heavy (non-hydrogen) atoms. The highest BCUT2D eigenvalue weighted by Crippen LogP contribution is 2.31. The molecular weight excluding hydrogens is 428 g/mol. The monoisotopic (exact) mass is 456 g/mol. The average Bonchev–Trinajstić information content (AvgIpc) is 3.25. The molecule has 3 aromatic carbocycles. The van der Waals surface area contributed by atoms with E-state index in [-0.39, 0.29) is 18.5 Å². The van der Waals surface area contributed by atoms with Gasteiger partial charge in [-0.1, -0.05) is 55.5 Å². The predicted molar refractivity (Wildman–Crippen MR) is 134 cm³/mol. The molecule has 0 saturated heterocycles. The van der Waals surface area contributed by atoms with E-state index in [4.69, 9.17) is 9.47 Å². The number of methoxy groups -OCH3 is 1. The summed E-state index contributed by atoms with van der Waals surface area (Å²) in [6.07, 6.45) is 3.01. The van der Waals surface area contributed by atoms with Gasteiger partial charge in [-0.15, -0.1) is 0 Å². The fourth-order valence-corrected chi connectivity index (χ4v) is 3.92. The van der Waals surface area contributed by atoms with Gasteiger partial charge in [0, 0.05) is 34.9 Å². The van der Waals surface area contributed by atoms with Crippen LogP contribution in [-0.4, -0.2) is 36.8 Å². The molecule has 4 aromatic rings. The second-order valence-electron chi connectivity index (χ2n) is 7.98. The van der Waals surface area contributed by atoms with Crippen LogP contribution in [0.4, 0.5) is 5.69 Å². The van der Waals surface area contributed by atoms with E-state index in [9.17, 15) is 9.59 Å².